The molecule has 0 N–H and O–H groups in total. The molecule has 0 saturated heterocycles. The van der Waals surface area contributed by atoms with Crippen molar-refractivity contribution in [2.24, 2.45) is 0 Å². The second-order valence-corrected chi connectivity index (χ2v) is 4.12. The summed E-state index contributed by atoms with van der Waals surface area (Å²) in [5, 5.41) is 0.983. The van der Waals surface area contributed by atoms with Crippen LogP contribution in [0.15, 0.2) is 51.9 Å². The maximum atomic E-state index is 5.35. The molecule has 0 atom stereocenters. The molecule has 1 aromatic carbocycles. The van der Waals surface area contributed by atoms with E-state index in [0.717, 1.165) is 26.8 Å². The van der Waals surface area contributed by atoms with Crippen molar-refractivity contribution in [2.75, 3.05) is 0 Å². The third-order valence-electron chi connectivity index (χ3n) is 2.39. The number of nitrogens with zero attached hydrogens (tertiary/aromatic N) is 2. The Labute approximate surface area is 100 Å². The monoisotopic (exact) mass is 274 g/mol. The zero-order valence-corrected chi connectivity index (χ0v) is 9.81. The summed E-state index contributed by atoms with van der Waals surface area (Å²) in [6.45, 7) is 0. The van der Waals surface area contributed by atoms with Gasteiger partial charge in [0.25, 0.3) is 0 Å². The molecule has 0 aliphatic rings. The molecule has 78 valence electrons. The lowest BCUT2D eigenvalue weighted by Gasteiger charge is -2.01. The summed E-state index contributed by atoms with van der Waals surface area (Å²) in [6.07, 6.45) is 3.20. The number of halogens is 1. The predicted molar refractivity (Wildman–Crippen MR) is 64.9 cm³/mol. The first-order valence-electron chi connectivity index (χ1n) is 4.79. The summed E-state index contributed by atoms with van der Waals surface area (Å²) in [4.78, 5) is 8.30. The van der Waals surface area contributed by atoms with Gasteiger partial charge < -0.3 is 4.42 Å². The van der Waals surface area contributed by atoms with Gasteiger partial charge in [-0.3, -0.25) is 0 Å². The maximum Gasteiger partial charge on any atom is 0.133 e. The highest BCUT2D eigenvalue weighted by Crippen LogP contribution is 2.26. The Bertz CT molecular complexity index is 635. The smallest absolute Gasteiger partial charge is 0.133 e. The van der Waals surface area contributed by atoms with Crippen molar-refractivity contribution < 1.29 is 4.42 Å². The highest BCUT2D eigenvalue weighted by molar-refractivity contribution is 9.10. The normalized spacial score (nSPS) is 10.8. The first kappa shape index (κ1) is 9.54. The van der Waals surface area contributed by atoms with Gasteiger partial charge in [-0.1, -0.05) is 0 Å². The van der Waals surface area contributed by atoms with Gasteiger partial charge in [0.2, 0.25) is 0 Å². The summed E-state index contributed by atoms with van der Waals surface area (Å²) in [6, 6.07) is 9.76. The number of hydrogen-bond acceptors (Lipinski definition) is 3. The Kier molecular flexibility index (Phi) is 2.22. The first-order valence-corrected chi connectivity index (χ1v) is 5.58. The second-order valence-electron chi connectivity index (χ2n) is 3.37. The second kappa shape index (κ2) is 3.72. The van der Waals surface area contributed by atoms with Crippen LogP contribution in [0.2, 0.25) is 0 Å². The van der Waals surface area contributed by atoms with E-state index in [4.69, 9.17) is 4.42 Å². The lowest BCUT2D eigenvalue weighted by molar-refractivity contribution is 0.582. The minimum Gasteiger partial charge on any atom is -0.464 e. The van der Waals surface area contributed by atoms with Gasteiger partial charge in [-0.25, -0.2) is 9.97 Å². The molecule has 0 bridgehead atoms. The molecule has 3 rings (SSSR count). The molecule has 3 aromatic rings. The Morgan fingerprint density at radius 2 is 2.06 bits per heavy atom. The molecule has 0 unspecified atom stereocenters. The van der Waals surface area contributed by atoms with Gasteiger partial charge >= 0.3 is 0 Å². The molecule has 16 heavy (non-hydrogen) atoms. The van der Waals surface area contributed by atoms with Gasteiger partial charge in [0.1, 0.15) is 16.7 Å². The number of fused-ring (bicyclic) bond motifs is 1. The van der Waals surface area contributed by atoms with Crippen LogP contribution < -0.4 is 0 Å². The van der Waals surface area contributed by atoms with E-state index in [0.29, 0.717) is 0 Å². The average molecular weight is 275 g/mol. The number of rotatable bonds is 1. The van der Waals surface area contributed by atoms with E-state index in [2.05, 4.69) is 25.9 Å². The Balaban J connectivity index is 2.27. The molecule has 0 aliphatic carbocycles. The van der Waals surface area contributed by atoms with E-state index in [9.17, 15) is 0 Å². The van der Waals surface area contributed by atoms with Crippen LogP contribution in [0.5, 0.6) is 0 Å². The van der Waals surface area contributed by atoms with Crippen LogP contribution in [-0.2, 0) is 0 Å². The van der Waals surface area contributed by atoms with Gasteiger partial charge in [-0.2, -0.15) is 0 Å². The number of hydrogen-bond donors (Lipinski definition) is 0. The van der Waals surface area contributed by atoms with E-state index >= 15 is 0 Å². The Morgan fingerprint density at radius 1 is 1.12 bits per heavy atom. The Morgan fingerprint density at radius 3 is 2.88 bits per heavy atom. The van der Waals surface area contributed by atoms with Crippen molar-refractivity contribution in [2.45, 2.75) is 0 Å². The van der Waals surface area contributed by atoms with Crippen molar-refractivity contribution in [1.82, 2.24) is 9.97 Å². The van der Waals surface area contributed by atoms with Crippen molar-refractivity contribution >= 4 is 26.8 Å². The van der Waals surface area contributed by atoms with Crippen molar-refractivity contribution in [3.63, 3.8) is 0 Å². The van der Waals surface area contributed by atoms with Crippen LogP contribution in [-0.4, -0.2) is 9.97 Å². The fourth-order valence-electron chi connectivity index (χ4n) is 1.62. The molecule has 0 saturated carbocycles. The molecule has 2 heterocycles. The average Bonchev–Trinajstić information content (AvgIpc) is 2.83. The van der Waals surface area contributed by atoms with Crippen LogP contribution in [0.3, 0.4) is 0 Å². The third kappa shape index (κ3) is 1.51. The zero-order chi connectivity index (χ0) is 11.0. The van der Waals surface area contributed by atoms with Crippen LogP contribution in [0.4, 0.5) is 0 Å². The molecule has 3 nitrogen and oxygen atoms in total. The van der Waals surface area contributed by atoms with Crippen molar-refractivity contribution in [3.05, 3.63) is 47.5 Å². The quantitative estimate of drug-likeness (QED) is 0.636. The number of aromatic nitrogens is 2. The minimum atomic E-state index is 0.797. The summed E-state index contributed by atoms with van der Waals surface area (Å²) < 4.78 is 6.15. The van der Waals surface area contributed by atoms with E-state index < -0.39 is 0 Å². The molecule has 4 heteroatoms. The van der Waals surface area contributed by atoms with Crippen LogP contribution >= 0.6 is 15.9 Å². The van der Waals surface area contributed by atoms with Crippen LogP contribution in [0.1, 0.15) is 0 Å². The first-order chi connectivity index (χ1) is 7.84. The van der Waals surface area contributed by atoms with Crippen molar-refractivity contribution in [3.8, 4) is 11.3 Å². The largest absolute Gasteiger partial charge is 0.464 e. The predicted octanol–water partition coefficient (Wildman–Crippen LogP) is 3.65. The topological polar surface area (TPSA) is 38.9 Å². The summed E-state index contributed by atoms with van der Waals surface area (Å²) in [5.74, 6) is 0.845. The molecule has 0 fully saturated rings. The highest BCUT2D eigenvalue weighted by atomic mass is 79.9. The van der Waals surface area contributed by atoms with E-state index in [1.807, 2.05) is 30.3 Å². The standard InChI is InChI=1S/C12H7BrN2O/c13-12-9-6-8(11-2-1-5-16-11)3-4-10(9)14-7-15-12/h1-7H. The van der Waals surface area contributed by atoms with Gasteiger partial charge in [0.05, 0.1) is 11.8 Å². The molecule has 0 aliphatic heterocycles. The SMILES string of the molecule is Brc1ncnc2ccc(-c3ccco3)cc12. The molecular formula is C12H7BrN2O. The summed E-state index contributed by atoms with van der Waals surface area (Å²) in [7, 11) is 0. The van der Waals surface area contributed by atoms with E-state index in [1.165, 1.54) is 0 Å². The molecule has 2 aromatic heterocycles. The lowest BCUT2D eigenvalue weighted by Crippen LogP contribution is -1.84. The van der Waals surface area contributed by atoms with Gasteiger partial charge in [-0.05, 0) is 46.3 Å². The number of furan rings is 1. The Hall–Kier alpha value is -1.68. The molecular weight excluding hydrogens is 268 g/mol. The van der Waals surface area contributed by atoms with Crippen LogP contribution in [0, 0.1) is 0 Å². The number of benzene rings is 1. The zero-order valence-electron chi connectivity index (χ0n) is 8.22. The van der Waals surface area contributed by atoms with Gasteiger partial charge in [-0.15, -0.1) is 0 Å². The fourth-order valence-corrected chi connectivity index (χ4v) is 2.03. The maximum absolute atomic E-state index is 5.35. The van der Waals surface area contributed by atoms with Gasteiger partial charge in [0.15, 0.2) is 0 Å². The van der Waals surface area contributed by atoms with Crippen LogP contribution in [0.25, 0.3) is 22.2 Å². The van der Waals surface area contributed by atoms with E-state index in [1.54, 1.807) is 12.6 Å². The molecule has 0 spiro atoms. The minimum absolute atomic E-state index is 0.797. The molecule has 0 radical (unpaired) electrons. The molecule has 0 amide bonds. The third-order valence-corrected chi connectivity index (χ3v) is 3.02. The summed E-state index contributed by atoms with van der Waals surface area (Å²) >= 11 is 3.41. The summed E-state index contributed by atoms with van der Waals surface area (Å²) in [5.41, 5.74) is 1.94. The lowest BCUT2D eigenvalue weighted by atomic mass is 10.1. The van der Waals surface area contributed by atoms with Gasteiger partial charge in [0, 0.05) is 10.9 Å². The van der Waals surface area contributed by atoms with Crippen molar-refractivity contribution in [1.29, 1.82) is 0 Å². The fraction of sp³-hybridized carbons (Fsp3) is 0. The highest BCUT2D eigenvalue weighted by Gasteiger charge is 2.05. The van der Waals surface area contributed by atoms with E-state index in [-0.39, 0.29) is 0 Å².